The van der Waals surface area contributed by atoms with Crippen molar-refractivity contribution in [2.24, 2.45) is 4.99 Å². The Morgan fingerprint density at radius 1 is 1.48 bits per heavy atom. The molecule has 0 spiro atoms. The second-order valence-electron chi connectivity index (χ2n) is 5.26. The molecule has 23 heavy (non-hydrogen) atoms. The van der Waals surface area contributed by atoms with Gasteiger partial charge in [0.2, 0.25) is 0 Å². The maximum absolute atomic E-state index is 11.2. The molecule has 2 N–H and O–H groups in total. The van der Waals surface area contributed by atoms with Gasteiger partial charge in [-0.1, -0.05) is 0 Å². The predicted octanol–water partition coefficient (Wildman–Crippen LogP) is 0.839. The van der Waals surface area contributed by atoms with Crippen LogP contribution in [0.5, 0.6) is 5.75 Å². The number of aliphatic imine (C=N–C) groups is 1. The normalized spacial score (nSPS) is 13.4. The van der Waals surface area contributed by atoms with Crippen molar-refractivity contribution in [3.63, 3.8) is 0 Å². The van der Waals surface area contributed by atoms with Crippen LogP contribution in [0.4, 0.5) is 0 Å². The first-order valence-electron chi connectivity index (χ1n) is 7.66. The van der Waals surface area contributed by atoms with Gasteiger partial charge in [0.15, 0.2) is 5.96 Å². The molecule has 0 fully saturated rings. The van der Waals surface area contributed by atoms with E-state index in [-0.39, 0.29) is 11.8 Å². The molecule has 1 heterocycles. The second kappa shape index (κ2) is 10.0. The summed E-state index contributed by atoms with van der Waals surface area (Å²) < 4.78 is 27.9. The van der Waals surface area contributed by atoms with E-state index in [1.807, 2.05) is 26.0 Å². The molecule has 8 heteroatoms. The average molecular weight is 342 g/mol. The van der Waals surface area contributed by atoms with Crippen LogP contribution in [0, 0.1) is 0 Å². The molecule has 1 atom stereocenters. The molecular formula is C15H26N4O3S. The Hall–Kier alpha value is -1.83. The van der Waals surface area contributed by atoms with E-state index in [1.165, 1.54) is 6.26 Å². The molecule has 1 aromatic heterocycles. The minimum absolute atomic E-state index is 0.0155. The molecule has 1 rings (SSSR count). The summed E-state index contributed by atoms with van der Waals surface area (Å²) >= 11 is 0. The number of nitrogens with one attached hydrogen (secondary N) is 2. The van der Waals surface area contributed by atoms with Crippen LogP contribution in [0.2, 0.25) is 0 Å². The molecule has 0 radical (unpaired) electrons. The lowest BCUT2D eigenvalue weighted by atomic mass is 10.3. The van der Waals surface area contributed by atoms with E-state index < -0.39 is 9.84 Å². The van der Waals surface area contributed by atoms with Gasteiger partial charge in [-0.15, -0.1) is 0 Å². The number of rotatable bonds is 9. The van der Waals surface area contributed by atoms with Crippen molar-refractivity contribution < 1.29 is 13.2 Å². The molecule has 7 nitrogen and oxygen atoms in total. The van der Waals surface area contributed by atoms with Gasteiger partial charge in [0.05, 0.1) is 18.5 Å². The Bertz CT molecular complexity index is 576. The fourth-order valence-corrected chi connectivity index (χ4v) is 2.55. The second-order valence-corrected chi connectivity index (χ2v) is 7.52. The van der Waals surface area contributed by atoms with E-state index in [2.05, 4.69) is 20.6 Å². The van der Waals surface area contributed by atoms with E-state index in [0.29, 0.717) is 31.3 Å². The topological polar surface area (TPSA) is 92.7 Å². The first kappa shape index (κ1) is 19.2. The van der Waals surface area contributed by atoms with Crippen molar-refractivity contribution in [3.8, 4) is 5.75 Å². The molecule has 130 valence electrons. The zero-order chi connectivity index (χ0) is 17.1. The van der Waals surface area contributed by atoms with Gasteiger partial charge in [-0.3, -0.25) is 4.98 Å². The molecule has 0 aromatic carbocycles. The summed E-state index contributed by atoms with van der Waals surface area (Å²) in [5, 5.41) is 6.33. The summed E-state index contributed by atoms with van der Waals surface area (Å²) in [4.78, 5) is 8.39. The van der Waals surface area contributed by atoms with E-state index in [4.69, 9.17) is 4.74 Å². The highest BCUT2D eigenvalue weighted by atomic mass is 32.2. The molecule has 0 aliphatic rings. The van der Waals surface area contributed by atoms with Crippen LogP contribution in [0.15, 0.2) is 29.5 Å². The summed E-state index contributed by atoms with van der Waals surface area (Å²) in [7, 11) is -2.95. The van der Waals surface area contributed by atoms with Gasteiger partial charge < -0.3 is 15.4 Å². The fourth-order valence-electron chi connectivity index (χ4n) is 1.77. The standard InChI is InChI=1S/C15H26N4O3S/c1-4-17-15(19-13(2)7-11-23(3,20)21)18-9-10-22-14-6-5-8-16-12-14/h5-6,8,12-13H,4,7,9-11H2,1-3H3,(H2,17,18,19). The quantitative estimate of drug-likeness (QED) is 0.392. The van der Waals surface area contributed by atoms with Crippen LogP contribution in [-0.2, 0) is 9.84 Å². The lowest BCUT2D eigenvalue weighted by Crippen LogP contribution is -2.43. The first-order valence-corrected chi connectivity index (χ1v) is 9.72. The third kappa shape index (κ3) is 9.72. The van der Waals surface area contributed by atoms with Gasteiger partial charge in [0.25, 0.3) is 0 Å². The highest BCUT2D eigenvalue weighted by molar-refractivity contribution is 7.90. The zero-order valence-electron chi connectivity index (χ0n) is 13.9. The molecule has 0 amide bonds. The van der Waals surface area contributed by atoms with Gasteiger partial charge in [0, 0.05) is 25.0 Å². The minimum atomic E-state index is -2.95. The van der Waals surface area contributed by atoms with Crippen molar-refractivity contribution in [2.45, 2.75) is 26.3 Å². The minimum Gasteiger partial charge on any atom is -0.490 e. The third-order valence-corrected chi connectivity index (χ3v) is 3.89. The number of guanidine groups is 1. The SMILES string of the molecule is CCNC(=NCCOc1cccnc1)NC(C)CCS(C)(=O)=O. The highest BCUT2D eigenvalue weighted by Crippen LogP contribution is 2.05. The molecule has 1 unspecified atom stereocenters. The van der Waals surface area contributed by atoms with Gasteiger partial charge in [-0.25, -0.2) is 13.4 Å². The lowest BCUT2D eigenvalue weighted by Gasteiger charge is -2.17. The van der Waals surface area contributed by atoms with Gasteiger partial charge in [0.1, 0.15) is 22.2 Å². The highest BCUT2D eigenvalue weighted by Gasteiger charge is 2.09. The molecule has 0 aliphatic heterocycles. The smallest absolute Gasteiger partial charge is 0.191 e. The van der Waals surface area contributed by atoms with E-state index in [1.54, 1.807) is 12.4 Å². The zero-order valence-corrected chi connectivity index (χ0v) is 14.8. The molecule has 0 aliphatic carbocycles. The van der Waals surface area contributed by atoms with Gasteiger partial charge in [-0.2, -0.15) is 0 Å². The maximum Gasteiger partial charge on any atom is 0.191 e. The molecule has 1 aromatic rings. The lowest BCUT2D eigenvalue weighted by molar-refractivity contribution is 0.327. The third-order valence-electron chi connectivity index (χ3n) is 2.91. The van der Waals surface area contributed by atoms with Crippen LogP contribution < -0.4 is 15.4 Å². The molecular weight excluding hydrogens is 316 g/mol. The van der Waals surface area contributed by atoms with Crippen molar-refractivity contribution >= 4 is 15.8 Å². The number of sulfone groups is 1. The van der Waals surface area contributed by atoms with E-state index >= 15 is 0 Å². The van der Waals surface area contributed by atoms with Crippen molar-refractivity contribution in [1.82, 2.24) is 15.6 Å². The molecule has 0 saturated heterocycles. The monoisotopic (exact) mass is 342 g/mol. The van der Waals surface area contributed by atoms with Crippen LogP contribution in [-0.4, -0.2) is 57.1 Å². The summed E-state index contributed by atoms with van der Waals surface area (Å²) in [6, 6.07) is 3.67. The van der Waals surface area contributed by atoms with Crippen LogP contribution in [0.3, 0.4) is 0 Å². The Balaban J connectivity index is 2.40. The average Bonchev–Trinajstić information content (AvgIpc) is 2.50. The number of ether oxygens (including phenoxy) is 1. The number of nitrogens with zero attached hydrogens (tertiary/aromatic N) is 2. The summed E-state index contributed by atoms with van der Waals surface area (Å²) in [5.41, 5.74) is 0. The van der Waals surface area contributed by atoms with E-state index in [0.717, 1.165) is 6.54 Å². The van der Waals surface area contributed by atoms with Crippen LogP contribution in [0.1, 0.15) is 20.3 Å². The Kier molecular flexibility index (Phi) is 8.39. The summed E-state index contributed by atoms with van der Waals surface area (Å²) in [6.07, 6.45) is 5.13. The number of hydrogen-bond donors (Lipinski definition) is 2. The maximum atomic E-state index is 11.2. The van der Waals surface area contributed by atoms with Crippen molar-refractivity contribution in [3.05, 3.63) is 24.5 Å². The molecule has 0 bridgehead atoms. The first-order chi connectivity index (χ1) is 10.9. The van der Waals surface area contributed by atoms with Crippen LogP contribution in [0.25, 0.3) is 0 Å². The summed E-state index contributed by atoms with van der Waals surface area (Å²) in [6.45, 7) is 5.58. The fraction of sp³-hybridized carbons (Fsp3) is 0.600. The van der Waals surface area contributed by atoms with E-state index in [9.17, 15) is 8.42 Å². The summed E-state index contributed by atoms with van der Waals surface area (Å²) in [5.74, 6) is 1.52. The van der Waals surface area contributed by atoms with Crippen molar-refractivity contribution in [1.29, 1.82) is 0 Å². The largest absolute Gasteiger partial charge is 0.490 e. The van der Waals surface area contributed by atoms with Crippen LogP contribution >= 0.6 is 0 Å². The van der Waals surface area contributed by atoms with Crippen molar-refractivity contribution in [2.75, 3.05) is 31.7 Å². The Morgan fingerprint density at radius 2 is 2.26 bits per heavy atom. The molecule has 0 saturated carbocycles. The van der Waals surface area contributed by atoms with Gasteiger partial charge >= 0.3 is 0 Å². The Labute approximate surface area is 138 Å². The predicted molar refractivity (Wildman–Crippen MR) is 92.6 cm³/mol. The Morgan fingerprint density at radius 3 is 2.87 bits per heavy atom. The number of pyridine rings is 1. The number of aromatic nitrogens is 1. The number of hydrogen-bond acceptors (Lipinski definition) is 5. The van der Waals surface area contributed by atoms with Gasteiger partial charge in [-0.05, 0) is 32.4 Å².